The van der Waals surface area contributed by atoms with Gasteiger partial charge in [0.1, 0.15) is 0 Å². The Morgan fingerprint density at radius 1 is 1.05 bits per heavy atom. The summed E-state index contributed by atoms with van der Waals surface area (Å²) in [7, 11) is 0. The minimum atomic E-state index is -3.58. The summed E-state index contributed by atoms with van der Waals surface area (Å²) in [5.74, 6) is -5.85. The second kappa shape index (κ2) is 13.6. The summed E-state index contributed by atoms with van der Waals surface area (Å²) in [4.78, 5) is 36.3. The molecule has 0 aromatic heterocycles. The van der Waals surface area contributed by atoms with Crippen molar-refractivity contribution in [1.82, 2.24) is 10.2 Å². The molecule has 0 aliphatic carbocycles. The van der Waals surface area contributed by atoms with Crippen molar-refractivity contribution < 1.29 is 28.3 Å². The van der Waals surface area contributed by atoms with E-state index >= 15 is 0 Å². The smallest absolute Gasteiger partial charge is 0.374 e. The van der Waals surface area contributed by atoms with Crippen LogP contribution in [-0.2, 0) is 33.9 Å². The maximum Gasteiger partial charge on any atom is 0.374 e. The number of nitrogens with zero attached hydrogens (tertiary/aromatic N) is 1. The molecule has 3 rings (SSSR count). The molecule has 2 aromatic carbocycles. The Morgan fingerprint density at radius 3 is 2.05 bits per heavy atom. The van der Waals surface area contributed by atoms with Gasteiger partial charge in [0.15, 0.2) is 0 Å². The molecule has 1 heterocycles. The molecule has 0 saturated carbocycles. The normalized spacial score (nSPS) is 14.5. The molecule has 0 bridgehead atoms. The maximum absolute atomic E-state index is 12.7. The van der Waals surface area contributed by atoms with E-state index < -0.39 is 17.9 Å². The van der Waals surface area contributed by atoms with Crippen molar-refractivity contribution in [1.29, 1.82) is 0 Å². The molecule has 200 valence electrons. The second-order valence-corrected chi connectivity index (χ2v) is 9.42. The van der Waals surface area contributed by atoms with Gasteiger partial charge in [0, 0.05) is 32.1 Å². The molecule has 37 heavy (non-hydrogen) atoms. The van der Waals surface area contributed by atoms with E-state index in [0.717, 1.165) is 6.42 Å². The predicted octanol–water partition coefficient (Wildman–Crippen LogP) is 3.91. The monoisotopic (exact) mass is 515 g/mol. The lowest BCUT2D eigenvalue weighted by molar-refractivity contribution is -0.161. The van der Waals surface area contributed by atoms with E-state index in [0.29, 0.717) is 26.4 Å². The van der Waals surface area contributed by atoms with Crippen molar-refractivity contribution in [2.24, 2.45) is 11.7 Å². The molecule has 2 amide bonds. The molecule has 7 nitrogen and oxygen atoms in total. The van der Waals surface area contributed by atoms with Gasteiger partial charge < -0.3 is 21.1 Å². The van der Waals surface area contributed by atoms with Gasteiger partial charge in [-0.05, 0) is 35.4 Å². The first kappa shape index (κ1) is 29.6. The van der Waals surface area contributed by atoms with Gasteiger partial charge >= 0.3 is 11.9 Å². The Hall–Kier alpha value is -3.59. The molecule has 9 heteroatoms. The third-order valence-corrected chi connectivity index (χ3v) is 5.93. The van der Waals surface area contributed by atoms with Gasteiger partial charge in [-0.3, -0.25) is 9.59 Å². The first-order valence-electron chi connectivity index (χ1n) is 12.1. The lowest BCUT2D eigenvalue weighted by Crippen LogP contribution is -2.47. The van der Waals surface area contributed by atoms with Gasteiger partial charge in [-0.1, -0.05) is 74.5 Å². The van der Waals surface area contributed by atoms with Crippen LogP contribution in [0.15, 0.2) is 66.7 Å². The van der Waals surface area contributed by atoms with Crippen molar-refractivity contribution in [2.75, 3.05) is 0 Å². The number of nitrogens with two attached hydrogens (primary N) is 1. The molecule has 0 saturated heterocycles. The number of aryl methyl sites for hydroxylation is 1. The van der Waals surface area contributed by atoms with Crippen LogP contribution in [0.2, 0.25) is 0 Å². The summed E-state index contributed by atoms with van der Waals surface area (Å²) in [5.41, 5.74) is 9.58. The predicted molar refractivity (Wildman–Crippen MR) is 138 cm³/mol. The zero-order valence-electron chi connectivity index (χ0n) is 21.4. The Kier molecular flexibility index (Phi) is 10.9. The van der Waals surface area contributed by atoms with Crippen LogP contribution in [0.25, 0.3) is 0 Å². The quantitative estimate of drug-likeness (QED) is 0.439. The number of carboxylic acid groups (broad SMARTS) is 1. The van der Waals surface area contributed by atoms with Crippen LogP contribution in [0.1, 0.15) is 43.9 Å². The standard InChI is InChI=1S/C25H31N3O2.C3H4F2O2/c1-18(2)24(26)25(30)27-22(13-12-19-8-4-3-5-9-19)14-15-23(29)28-16-20-10-6-7-11-21(20)17-28;1-3(4,5)2(6)7/h3-11,14-15,18,22,24H,12-13,16-17,26H2,1-2H3,(H,27,30);1H3,(H,6,7)/b15-14+;/t22-,24?;/m0./s1. The van der Waals surface area contributed by atoms with Crippen molar-refractivity contribution in [3.8, 4) is 0 Å². The van der Waals surface area contributed by atoms with E-state index in [1.165, 1.54) is 16.7 Å². The Balaban J connectivity index is 0.000000604. The molecule has 2 aromatic rings. The van der Waals surface area contributed by atoms with Crippen LogP contribution in [-0.4, -0.2) is 45.8 Å². The number of hydrogen-bond acceptors (Lipinski definition) is 4. The Morgan fingerprint density at radius 2 is 1.57 bits per heavy atom. The highest BCUT2D eigenvalue weighted by Crippen LogP contribution is 2.22. The van der Waals surface area contributed by atoms with Crippen LogP contribution in [0.5, 0.6) is 0 Å². The summed E-state index contributed by atoms with van der Waals surface area (Å²) in [6, 6.07) is 17.4. The molecule has 0 radical (unpaired) electrons. The molecule has 4 N–H and O–H groups in total. The van der Waals surface area contributed by atoms with E-state index in [-0.39, 0.29) is 23.8 Å². The zero-order chi connectivity index (χ0) is 27.6. The summed E-state index contributed by atoms with van der Waals surface area (Å²) in [6.45, 7) is 5.42. The minimum absolute atomic E-state index is 0.0432. The van der Waals surface area contributed by atoms with Crippen LogP contribution < -0.4 is 11.1 Å². The fourth-order valence-corrected chi connectivity index (χ4v) is 3.56. The number of hydrogen-bond donors (Lipinski definition) is 3. The molecule has 0 fully saturated rings. The first-order valence-corrected chi connectivity index (χ1v) is 12.1. The largest absolute Gasteiger partial charge is 0.477 e. The van der Waals surface area contributed by atoms with Crippen molar-refractivity contribution in [2.45, 2.75) is 64.7 Å². The fraction of sp³-hybridized carbons (Fsp3) is 0.393. The van der Waals surface area contributed by atoms with Crippen molar-refractivity contribution >= 4 is 17.8 Å². The van der Waals surface area contributed by atoms with Gasteiger partial charge in [0.25, 0.3) is 0 Å². The van der Waals surface area contributed by atoms with E-state index in [9.17, 15) is 23.2 Å². The van der Waals surface area contributed by atoms with Crippen LogP contribution in [0.4, 0.5) is 8.78 Å². The number of carbonyl (C=O) groups is 3. The molecule has 1 aliphatic rings. The third kappa shape index (κ3) is 9.76. The number of carbonyl (C=O) groups excluding carboxylic acids is 2. The lowest BCUT2D eigenvalue weighted by Gasteiger charge is -2.21. The maximum atomic E-state index is 12.7. The molecule has 1 unspecified atom stereocenters. The Bertz CT molecular complexity index is 1060. The van der Waals surface area contributed by atoms with Crippen LogP contribution >= 0.6 is 0 Å². The summed E-state index contributed by atoms with van der Waals surface area (Å²) >= 11 is 0. The summed E-state index contributed by atoms with van der Waals surface area (Å²) in [5, 5.41) is 10.5. The second-order valence-electron chi connectivity index (χ2n) is 9.42. The number of aliphatic carboxylic acids is 1. The molecule has 1 aliphatic heterocycles. The van der Waals surface area contributed by atoms with Gasteiger partial charge in [-0.15, -0.1) is 0 Å². The van der Waals surface area contributed by atoms with Crippen molar-refractivity contribution in [3.05, 3.63) is 83.4 Å². The lowest BCUT2D eigenvalue weighted by atomic mass is 10.0. The SMILES string of the molecule is CC(C)C(N)C(=O)N[C@H](/C=C/C(=O)N1Cc2ccccc2C1)CCc1ccccc1.CC(F)(F)C(=O)O. The van der Waals surface area contributed by atoms with E-state index in [1.807, 2.05) is 49.1 Å². The third-order valence-electron chi connectivity index (χ3n) is 5.93. The number of carboxylic acids is 1. The number of rotatable bonds is 9. The Labute approximate surface area is 216 Å². The van der Waals surface area contributed by atoms with Crippen LogP contribution in [0.3, 0.4) is 0 Å². The van der Waals surface area contributed by atoms with E-state index in [1.54, 1.807) is 12.2 Å². The highest BCUT2D eigenvalue weighted by Gasteiger charge is 2.31. The zero-order valence-corrected chi connectivity index (χ0v) is 21.4. The number of amides is 2. The number of halogens is 2. The summed E-state index contributed by atoms with van der Waals surface area (Å²) in [6.07, 6.45) is 4.89. The average Bonchev–Trinajstić information content (AvgIpc) is 3.29. The average molecular weight is 516 g/mol. The minimum Gasteiger partial charge on any atom is -0.477 e. The van der Waals surface area contributed by atoms with E-state index in [4.69, 9.17) is 10.8 Å². The first-order chi connectivity index (χ1) is 17.4. The van der Waals surface area contributed by atoms with Gasteiger partial charge in [0.2, 0.25) is 11.8 Å². The molecular weight excluding hydrogens is 480 g/mol. The van der Waals surface area contributed by atoms with E-state index in [2.05, 4.69) is 29.6 Å². The number of fused-ring (bicyclic) bond motifs is 1. The van der Waals surface area contributed by atoms with Crippen molar-refractivity contribution in [3.63, 3.8) is 0 Å². The molecular formula is C28H35F2N3O4. The number of benzene rings is 2. The molecule has 2 atom stereocenters. The number of alkyl halides is 2. The van der Waals surface area contributed by atoms with Crippen LogP contribution in [0, 0.1) is 5.92 Å². The molecule has 0 spiro atoms. The topological polar surface area (TPSA) is 113 Å². The highest BCUT2D eigenvalue weighted by molar-refractivity contribution is 5.88. The fourth-order valence-electron chi connectivity index (χ4n) is 3.56. The highest BCUT2D eigenvalue weighted by atomic mass is 19.3. The van der Waals surface area contributed by atoms with Gasteiger partial charge in [-0.2, -0.15) is 8.78 Å². The number of nitrogens with one attached hydrogen (secondary N) is 1. The summed E-state index contributed by atoms with van der Waals surface area (Å²) < 4.78 is 22.5. The van der Waals surface area contributed by atoms with Gasteiger partial charge in [-0.25, -0.2) is 4.79 Å². The van der Waals surface area contributed by atoms with Gasteiger partial charge in [0.05, 0.1) is 6.04 Å².